The summed E-state index contributed by atoms with van der Waals surface area (Å²) in [5, 5.41) is 5.93. The van der Waals surface area contributed by atoms with Gasteiger partial charge in [0.05, 0.1) is 13.5 Å². The molecule has 2 amide bonds. The third kappa shape index (κ3) is 8.36. The first-order chi connectivity index (χ1) is 18.1. The first kappa shape index (κ1) is 28.2. The van der Waals surface area contributed by atoms with Crippen molar-refractivity contribution in [3.8, 4) is 0 Å². The van der Waals surface area contributed by atoms with Crippen LogP contribution in [-0.4, -0.2) is 53.7 Å². The van der Waals surface area contributed by atoms with Crippen molar-refractivity contribution in [2.24, 2.45) is 0 Å². The predicted molar refractivity (Wildman–Crippen MR) is 140 cm³/mol. The summed E-state index contributed by atoms with van der Waals surface area (Å²) in [6.07, 6.45) is 0.517. The van der Waals surface area contributed by atoms with E-state index >= 15 is 0 Å². The van der Waals surface area contributed by atoms with E-state index in [1.165, 1.54) is 7.11 Å². The highest BCUT2D eigenvalue weighted by atomic mass is 16.6. The molecule has 0 aliphatic heterocycles. The molecule has 0 radical (unpaired) electrons. The molecule has 3 aromatic rings. The lowest BCUT2D eigenvalue weighted by molar-refractivity contribution is -0.147. The van der Waals surface area contributed by atoms with Crippen LogP contribution in [0.1, 0.15) is 38.3 Å². The van der Waals surface area contributed by atoms with E-state index in [-0.39, 0.29) is 13.0 Å². The van der Waals surface area contributed by atoms with Gasteiger partial charge >= 0.3 is 18.0 Å². The highest BCUT2D eigenvalue weighted by molar-refractivity contribution is 5.93. The monoisotopic (exact) mass is 523 g/mol. The molecule has 10 heteroatoms. The zero-order valence-corrected chi connectivity index (χ0v) is 21.9. The molecule has 10 nitrogen and oxygen atoms in total. The maximum Gasteiger partial charge on any atom is 0.408 e. The molecule has 1 aromatic heterocycles. The van der Waals surface area contributed by atoms with E-state index in [0.29, 0.717) is 0 Å². The number of benzene rings is 2. The van der Waals surface area contributed by atoms with E-state index in [1.54, 1.807) is 39.1 Å². The molecule has 0 saturated carbocycles. The maximum absolute atomic E-state index is 13.3. The molecular formula is C28H33N3O7. The number of aromatic nitrogens is 1. The molecule has 202 valence electrons. The predicted octanol–water partition coefficient (Wildman–Crippen LogP) is 3.40. The standard InChI is InChI=1S/C28H33N3O7/c1-28(2,3)38-27(35)31-22(15-24(32)37-17-18-10-6-5-7-11-18)25(33)30-23(26(34)36-4)14-19-16-29-21-13-9-8-12-20(19)21/h5-13,16,22-23,29H,14-15,17H2,1-4H3,(H,30,33)(H,31,35)/t22-,23-/m0/s1. The topological polar surface area (TPSA) is 136 Å². The van der Waals surface area contributed by atoms with Crippen LogP contribution in [0.3, 0.4) is 0 Å². The third-order valence-electron chi connectivity index (χ3n) is 5.52. The van der Waals surface area contributed by atoms with E-state index in [1.807, 2.05) is 42.5 Å². The Morgan fingerprint density at radius 1 is 0.921 bits per heavy atom. The lowest BCUT2D eigenvalue weighted by Gasteiger charge is -2.24. The lowest BCUT2D eigenvalue weighted by atomic mass is 10.0. The van der Waals surface area contributed by atoms with Crippen LogP contribution in [-0.2, 0) is 41.6 Å². The van der Waals surface area contributed by atoms with Gasteiger partial charge in [-0.25, -0.2) is 9.59 Å². The van der Waals surface area contributed by atoms with Crippen molar-refractivity contribution in [2.75, 3.05) is 7.11 Å². The van der Waals surface area contributed by atoms with E-state index in [2.05, 4.69) is 15.6 Å². The molecule has 38 heavy (non-hydrogen) atoms. The highest BCUT2D eigenvalue weighted by Crippen LogP contribution is 2.19. The summed E-state index contributed by atoms with van der Waals surface area (Å²) in [7, 11) is 1.22. The van der Waals surface area contributed by atoms with Crippen LogP contribution in [0, 0.1) is 0 Å². The molecule has 0 aliphatic carbocycles. The zero-order chi connectivity index (χ0) is 27.7. The van der Waals surface area contributed by atoms with Crippen molar-refractivity contribution < 1.29 is 33.4 Å². The summed E-state index contributed by atoms with van der Waals surface area (Å²) in [6.45, 7) is 5.02. The first-order valence-corrected chi connectivity index (χ1v) is 12.2. The van der Waals surface area contributed by atoms with Crippen LogP contribution in [0.15, 0.2) is 60.8 Å². The summed E-state index contributed by atoms with van der Waals surface area (Å²) >= 11 is 0. The molecule has 3 N–H and O–H groups in total. The molecule has 0 saturated heterocycles. The van der Waals surface area contributed by atoms with Gasteiger partial charge in [0.15, 0.2) is 0 Å². The molecule has 2 aromatic carbocycles. The minimum absolute atomic E-state index is 0.00575. The van der Waals surface area contributed by atoms with Gasteiger partial charge in [-0.3, -0.25) is 9.59 Å². The van der Waals surface area contributed by atoms with Gasteiger partial charge in [-0.2, -0.15) is 0 Å². The first-order valence-electron chi connectivity index (χ1n) is 12.2. The van der Waals surface area contributed by atoms with Crippen molar-refractivity contribution in [3.05, 3.63) is 71.9 Å². The van der Waals surface area contributed by atoms with Crippen molar-refractivity contribution in [1.82, 2.24) is 15.6 Å². The van der Waals surface area contributed by atoms with Crippen molar-refractivity contribution in [2.45, 2.75) is 57.9 Å². The van der Waals surface area contributed by atoms with Gasteiger partial charge in [0.1, 0.15) is 24.3 Å². The number of amides is 2. The molecule has 0 unspecified atom stereocenters. The molecule has 1 heterocycles. The molecule has 0 fully saturated rings. The van der Waals surface area contributed by atoms with Crippen LogP contribution in [0.25, 0.3) is 10.9 Å². The largest absolute Gasteiger partial charge is 0.467 e. The Morgan fingerprint density at radius 2 is 1.61 bits per heavy atom. The second-order valence-electron chi connectivity index (χ2n) is 9.70. The smallest absolute Gasteiger partial charge is 0.408 e. The maximum atomic E-state index is 13.3. The van der Waals surface area contributed by atoms with Crippen LogP contribution in [0.5, 0.6) is 0 Å². The van der Waals surface area contributed by atoms with Crippen LogP contribution in [0.4, 0.5) is 4.79 Å². The van der Waals surface area contributed by atoms with Crippen LogP contribution in [0.2, 0.25) is 0 Å². The van der Waals surface area contributed by atoms with Crippen molar-refractivity contribution >= 4 is 34.8 Å². The zero-order valence-electron chi connectivity index (χ0n) is 21.9. The van der Waals surface area contributed by atoms with Gasteiger partial charge in [0.2, 0.25) is 5.91 Å². The average molecular weight is 524 g/mol. The summed E-state index contributed by atoms with van der Waals surface area (Å²) in [4.78, 5) is 54.0. The van der Waals surface area contributed by atoms with Crippen molar-refractivity contribution in [3.63, 3.8) is 0 Å². The summed E-state index contributed by atoms with van der Waals surface area (Å²) in [5.41, 5.74) is 1.60. The van der Waals surface area contributed by atoms with E-state index in [0.717, 1.165) is 22.0 Å². The van der Waals surface area contributed by atoms with Gasteiger partial charge < -0.3 is 29.8 Å². The van der Waals surface area contributed by atoms with Gasteiger partial charge in [0, 0.05) is 23.5 Å². The molecule has 3 rings (SSSR count). The summed E-state index contributed by atoms with van der Waals surface area (Å²) < 4.78 is 15.5. The van der Waals surface area contributed by atoms with Crippen LogP contribution >= 0.6 is 0 Å². The Morgan fingerprint density at radius 3 is 2.29 bits per heavy atom. The van der Waals surface area contributed by atoms with Gasteiger partial charge in [-0.15, -0.1) is 0 Å². The number of ether oxygens (including phenoxy) is 3. The Hall–Kier alpha value is -4.34. The molecule has 0 aliphatic rings. The molecule has 2 atom stereocenters. The SMILES string of the molecule is COC(=O)[C@H](Cc1c[nH]c2ccccc12)NC(=O)[C@H](CC(=O)OCc1ccccc1)NC(=O)OC(C)(C)C. The number of nitrogens with one attached hydrogen (secondary N) is 3. The number of aromatic amines is 1. The number of fused-ring (bicyclic) bond motifs is 1. The minimum Gasteiger partial charge on any atom is -0.467 e. The lowest BCUT2D eigenvalue weighted by Crippen LogP contribution is -2.53. The number of hydrogen-bond acceptors (Lipinski definition) is 7. The molecule has 0 bridgehead atoms. The normalized spacial score (nSPS) is 12.7. The number of hydrogen-bond donors (Lipinski definition) is 3. The number of alkyl carbamates (subject to hydrolysis) is 1. The summed E-state index contributed by atoms with van der Waals surface area (Å²) in [6, 6.07) is 14.2. The van der Waals surface area contributed by atoms with Crippen LogP contribution < -0.4 is 10.6 Å². The van der Waals surface area contributed by atoms with Gasteiger partial charge in [-0.1, -0.05) is 48.5 Å². The second kappa shape index (κ2) is 12.8. The van der Waals surface area contributed by atoms with Gasteiger partial charge in [0.25, 0.3) is 0 Å². The minimum atomic E-state index is -1.36. The van der Waals surface area contributed by atoms with Crippen molar-refractivity contribution in [1.29, 1.82) is 0 Å². The second-order valence-corrected chi connectivity index (χ2v) is 9.70. The Labute approximate surface area is 221 Å². The Bertz CT molecular complexity index is 1260. The van der Waals surface area contributed by atoms with Gasteiger partial charge in [-0.05, 0) is 38.0 Å². The van der Waals surface area contributed by atoms with E-state index in [4.69, 9.17) is 14.2 Å². The van der Waals surface area contributed by atoms with E-state index < -0.39 is 48.0 Å². The number of carbonyl (C=O) groups is 4. The summed E-state index contributed by atoms with van der Waals surface area (Å²) in [5.74, 6) is -2.15. The third-order valence-corrected chi connectivity index (χ3v) is 5.52. The number of H-pyrrole nitrogens is 1. The van der Waals surface area contributed by atoms with E-state index in [9.17, 15) is 19.2 Å². The Kier molecular flexibility index (Phi) is 9.48. The Balaban J connectivity index is 1.74. The quantitative estimate of drug-likeness (QED) is 0.274. The fourth-order valence-corrected chi connectivity index (χ4v) is 3.75. The number of carbonyl (C=O) groups excluding carboxylic acids is 4. The number of esters is 2. The number of para-hydroxylation sites is 1. The fraction of sp³-hybridized carbons (Fsp3) is 0.357. The fourth-order valence-electron chi connectivity index (χ4n) is 3.75. The highest BCUT2D eigenvalue weighted by Gasteiger charge is 2.31. The average Bonchev–Trinajstić information content (AvgIpc) is 3.28. The number of rotatable bonds is 10. The molecular weight excluding hydrogens is 490 g/mol. The number of methoxy groups -OCH3 is 1. The molecule has 0 spiro atoms.